The Morgan fingerprint density at radius 3 is 2.52 bits per heavy atom. The van der Waals surface area contributed by atoms with Gasteiger partial charge in [-0.3, -0.25) is 4.79 Å². The minimum Gasteiger partial charge on any atom is -0.497 e. The number of carbonyl (C=O) groups is 1. The molecule has 162 valence electrons. The van der Waals surface area contributed by atoms with E-state index in [1.807, 2.05) is 59.3 Å². The van der Waals surface area contributed by atoms with Gasteiger partial charge in [-0.1, -0.05) is 73.5 Å². The lowest BCUT2D eigenvalue weighted by Crippen LogP contribution is -2.30. The fraction of sp³-hybridized carbons (Fsp3) is 0.391. The summed E-state index contributed by atoms with van der Waals surface area (Å²) in [5, 5.41) is 16.1. The average Bonchev–Trinajstić information content (AvgIpc) is 3.31. The van der Waals surface area contributed by atoms with E-state index in [4.69, 9.17) is 4.74 Å². The van der Waals surface area contributed by atoms with Crippen molar-refractivity contribution in [3.63, 3.8) is 0 Å². The number of hydrogen-bond donors (Lipinski definition) is 1. The van der Waals surface area contributed by atoms with Crippen LogP contribution in [0.1, 0.15) is 55.3 Å². The summed E-state index contributed by atoms with van der Waals surface area (Å²) in [5.41, 5.74) is 2.02. The molecule has 0 saturated heterocycles. The molecule has 1 aromatic heterocycles. The van der Waals surface area contributed by atoms with E-state index < -0.39 is 0 Å². The summed E-state index contributed by atoms with van der Waals surface area (Å²) in [7, 11) is 1.64. The van der Waals surface area contributed by atoms with Gasteiger partial charge in [0, 0.05) is 0 Å². The fourth-order valence-corrected chi connectivity index (χ4v) is 4.72. The van der Waals surface area contributed by atoms with Gasteiger partial charge in [0.05, 0.1) is 24.9 Å². The third-order valence-electron chi connectivity index (χ3n) is 5.60. The molecule has 1 saturated carbocycles. The van der Waals surface area contributed by atoms with E-state index in [-0.39, 0.29) is 17.7 Å². The van der Waals surface area contributed by atoms with Crippen molar-refractivity contribution in [1.29, 1.82) is 0 Å². The Kier molecular flexibility index (Phi) is 7.19. The van der Waals surface area contributed by atoms with Crippen LogP contribution < -0.4 is 10.1 Å². The molecule has 1 aliphatic carbocycles. The highest BCUT2D eigenvalue weighted by Gasteiger charge is 2.22. The van der Waals surface area contributed by atoms with Gasteiger partial charge in [-0.15, -0.1) is 5.10 Å². The topological polar surface area (TPSA) is 81.9 Å². The SMILES string of the molecule is COc1ccc(C(NC(=O)CSc2nnnn2C2CCCCC2)c2ccccc2)cc1. The molecule has 1 atom stereocenters. The van der Waals surface area contributed by atoms with Crippen molar-refractivity contribution in [1.82, 2.24) is 25.5 Å². The highest BCUT2D eigenvalue weighted by atomic mass is 32.2. The summed E-state index contributed by atoms with van der Waals surface area (Å²) in [4.78, 5) is 12.9. The molecule has 0 radical (unpaired) electrons. The summed E-state index contributed by atoms with van der Waals surface area (Å²) in [5.74, 6) is 0.979. The zero-order valence-corrected chi connectivity index (χ0v) is 18.4. The van der Waals surface area contributed by atoms with Crippen molar-refractivity contribution in [3.05, 3.63) is 65.7 Å². The van der Waals surface area contributed by atoms with Gasteiger partial charge in [0.25, 0.3) is 0 Å². The lowest BCUT2D eigenvalue weighted by Gasteiger charge is -2.22. The van der Waals surface area contributed by atoms with Crippen LogP contribution in [0.4, 0.5) is 0 Å². The molecule has 7 nitrogen and oxygen atoms in total. The number of nitrogens with one attached hydrogen (secondary N) is 1. The molecule has 1 heterocycles. The standard InChI is InChI=1S/C23H27N5O2S/c1-30-20-14-12-18(13-15-20)22(17-8-4-2-5-9-17)24-21(29)16-31-23-25-26-27-28(23)19-10-6-3-7-11-19/h2,4-5,8-9,12-15,19,22H,3,6-7,10-11,16H2,1H3,(H,24,29). The number of tetrazole rings is 1. The monoisotopic (exact) mass is 437 g/mol. The predicted octanol–water partition coefficient (Wildman–Crippen LogP) is 4.18. The van der Waals surface area contributed by atoms with Crippen molar-refractivity contribution in [2.24, 2.45) is 0 Å². The summed E-state index contributed by atoms with van der Waals surface area (Å²) < 4.78 is 7.16. The van der Waals surface area contributed by atoms with Crippen molar-refractivity contribution in [3.8, 4) is 5.75 Å². The maximum Gasteiger partial charge on any atom is 0.231 e. The van der Waals surface area contributed by atoms with Crippen LogP contribution in [0.2, 0.25) is 0 Å². The van der Waals surface area contributed by atoms with Crippen LogP contribution in [-0.4, -0.2) is 39.0 Å². The van der Waals surface area contributed by atoms with Crippen LogP contribution in [0.3, 0.4) is 0 Å². The van der Waals surface area contributed by atoms with Crippen LogP contribution in [0.25, 0.3) is 0 Å². The van der Waals surface area contributed by atoms with Crippen LogP contribution >= 0.6 is 11.8 Å². The molecular formula is C23H27N5O2S. The summed E-state index contributed by atoms with van der Waals surface area (Å²) in [6, 6.07) is 17.8. The van der Waals surface area contributed by atoms with E-state index in [1.54, 1.807) is 7.11 Å². The second-order valence-corrected chi connectivity index (χ2v) is 8.61. The number of ether oxygens (including phenoxy) is 1. The highest BCUT2D eigenvalue weighted by Crippen LogP contribution is 2.30. The largest absolute Gasteiger partial charge is 0.497 e. The minimum atomic E-state index is -0.241. The number of aromatic nitrogens is 4. The minimum absolute atomic E-state index is 0.0622. The van der Waals surface area contributed by atoms with Crippen molar-refractivity contribution in [2.75, 3.05) is 12.9 Å². The molecular weight excluding hydrogens is 410 g/mol. The van der Waals surface area contributed by atoms with E-state index in [0.29, 0.717) is 11.2 Å². The Labute approximate surface area is 186 Å². The molecule has 2 aromatic carbocycles. The van der Waals surface area contributed by atoms with Gasteiger partial charge < -0.3 is 10.1 Å². The number of methoxy groups -OCH3 is 1. The first kappa shape index (κ1) is 21.4. The molecule has 0 bridgehead atoms. The Morgan fingerprint density at radius 1 is 1.10 bits per heavy atom. The smallest absolute Gasteiger partial charge is 0.231 e. The molecule has 1 N–H and O–H groups in total. The predicted molar refractivity (Wildman–Crippen MR) is 120 cm³/mol. The number of benzene rings is 2. The average molecular weight is 438 g/mol. The van der Waals surface area contributed by atoms with E-state index in [1.165, 1.54) is 31.0 Å². The first-order valence-corrected chi connectivity index (χ1v) is 11.6. The normalized spacial score (nSPS) is 15.4. The van der Waals surface area contributed by atoms with Crippen molar-refractivity contribution in [2.45, 2.75) is 49.3 Å². The van der Waals surface area contributed by atoms with Crippen LogP contribution in [0.5, 0.6) is 5.75 Å². The van der Waals surface area contributed by atoms with Gasteiger partial charge >= 0.3 is 0 Å². The first-order chi connectivity index (χ1) is 15.2. The van der Waals surface area contributed by atoms with Gasteiger partial charge in [-0.2, -0.15) is 0 Å². The zero-order valence-electron chi connectivity index (χ0n) is 17.6. The molecule has 3 aromatic rings. The van der Waals surface area contributed by atoms with E-state index in [2.05, 4.69) is 20.8 Å². The molecule has 1 amide bonds. The number of carbonyl (C=O) groups excluding carboxylic acids is 1. The summed E-state index contributed by atoms with van der Waals surface area (Å²) >= 11 is 1.39. The molecule has 8 heteroatoms. The third-order valence-corrected chi connectivity index (χ3v) is 6.54. The van der Waals surface area contributed by atoms with Crippen molar-refractivity contribution < 1.29 is 9.53 Å². The van der Waals surface area contributed by atoms with Gasteiger partial charge in [0.1, 0.15) is 5.75 Å². The van der Waals surface area contributed by atoms with Crippen LogP contribution in [0, 0.1) is 0 Å². The number of rotatable bonds is 8. The van der Waals surface area contributed by atoms with Crippen molar-refractivity contribution >= 4 is 17.7 Å². The van der Waals surface area contributed by atoms with Gasteiger partial charge in [-0.25, -0.2) is 4.68 Å². The lowest BCUT2D eigenvalue weighted by atomic mass is 9.96. The fourth-order valence-electron chi connectivity index (χ4n) is 3.97. The molecule has 1 unspecified atom stereocenters. The van der Waals surface area contributed by atoms with E-state index >= 15 is 0 Å². The Hall–Kier alpha value is -2.87. The number of thioether (sulfide) groups is 1. The number of nitrogens with zero attached hydrogens (tertiary/aromatic N) is 4. The summed E-state index contributed by atoms with van der Waals surface area (Å²) in [6.07, 6.45) is 5.87. The maximum atomic E-state index is 12.9. The Morgan fingerprint density at radius 2 is 1.81 bits per heavy atom. The second kappa shape index (κ2) is 10.4. The third kappa shape index (κ3) is 5.44. The molecule has 0 spiro atoms. The van der Waals surface area contributed by atoms with Gasteiger partial charge in [0.15, 0.2) is 0 Å². The Balaban J connectivity index is 1.44. The maximum absolute atomic E-state index is 12.9. The van der Waals surface area contributed by atoms with Gasteiger partial charge in [-0.05, 0) is 46.5 Å². The highest BCUT2D eigenvalue weighted by molar-refractivity contribution is 7.99. The number of hydrogen-bond acceptors (Lipinski definition) is 6. The number of amides is 1. The quantitative estimate of drug-likeness (QED) is 0.532. The molecule has 31 heavy (non-hydrogen) atoms. The molecule has 0 aliphatic heterocycles. The lowest BCUT2D eigenvalue weighted by molar-refractivity contribution is -0.119. The Bertz CT molecular complexity index is 971. The van der Waals surface area contributed by atoms with E-state index in [9.17, 15) is 4.79 Å². The van der Waals surface area contributed by atoms with Crippen LogP contribution in [-0.2, 0) is 4.79 Å². The zero-order chi connectivity index (χ0) is 21.5. The van der Waals surface area contributed by atoms with Crippen LogP contribution in [0.15, 0.2) is 59.8 Å². The van der Waals surface area contributed by atoms with Gasteiger partial charge in [0.2, 0.25) is 11.1 Å². The second-order valence-electron chi connectivity index (χ2n) is 7.67. The molecule has 4 rings (SSSR count). The first-order valence-electron chi connectivity index (χ1n) is 10.6. The van der Waals surface area contributed by atoms with E-state index in [0.717, 1.165) is 29.7 Å². The molecule has 1 aliphatic rings. The molecule has 1 fully saturated rings. The summed E-state index contributed by atoms with van der Waals surface area (Å²) in [6.45, 7) is 0.